The molecule has 2 heterocycles. The van der Waals surface area contributed by atoms with Gasteiger partial charge in [-0.1, -0.05) is 6.92 Å². The van der Waals surface area contributed by atoms with E-state index in [9.17, 15) is 0 Å². The summed E-state index contributed by atoms with van der Waals surface area (Å²) in [6.07, 6.45) is 5.74. The van der Waals surface area contributed by atoms with Crippen LogP contribution in [0, 0.1) is 5.41 Å². The van der Waals surface area contributed by atoms with Crippen molar-refractivity contribution in [3.05, 3.63) is 0 Å². The molecule has 2 aliphatic heterocycles. The first kappa shape index (κ1) is 7.60. The van der Waals surface area contributed by atoms with Crippen LogP contribution in [0.2, 0.25) is 0 Å². The lowest BCUT2D eigenvalue weighted by Gasteiger charge is -2.56. The molecule has 0 N–H and O–H groups in total. The minimum atomic E-state index is 0.553. The van der Waals surface area contributed by atoms with E-state index >= 15 is 0 Å². The molecule has 1 aliphatic carbocycles. The Morgan fingerprint density at radius 3 is 1.91 bits per heavy atom. The second-order valence-electron chi connectivity index (χ2n) is 5.16. The molecule has 0 amide bonds. The first-order valence-corrected chi connectivity index (χ1v) is 4.75. The Hall–Kier alpha value is -0.0400. The van der Waals surface area contributed by atoms with Gasteiger partial charge in [0.15, 0.2) is 0 Å². The summed E-state index contributed by atoms with van der Waals surface area (Å²) in [6.45, 7) is 6.19. The van der Waals surface area contributed by atoms with Crippen LogP contribution in [-0.2, 0) is 0 Å². The zero-order valence-corrected chi connectivity index (χ0v) is 7.98. The monoisotopic (exact) mass is 153 g/mol. The highest BCUT2D eigenvalue weighted by Crippen LogP contribution is 2.48. The van der Waals surface area contributed by atoms with E-state index in [1.807, 2.05) is 0 Å². The van der Waals surface area contributed by atoms with E-state index in [1.54, 1.807) is 0 Å². The molecule has 2 bridgehead atoms. The summed E-state index contributed by atoms with van der Waals surface area (Å²) in [5.74, 6) is 0. The van der Waals surface area contributed by atoms with Crippen LogP contribution in [-0.4, -0.2) is 24.0 Å². The fourth-order valence-corrected chi connectivity index (χ4v) is 2.70. The molecular weight excluding hydrogens is 134 g/mol. The standard InChI is InChI=1S/C10H19N/c1-9-4-6-10(2,7-5-9)11(3)8-9/h4-8H2,1-3H3/t9-,10+. The Labute approximate surface area is 69.8 Å². The van der Waals surface area contributed by atoms with Gasteiger partial charge in [-0.05, 0) is 45.1 Å². The van der Waals surface area contributed by atoms with Gasteiger partial charge >= 0.3 is 0 Å². The van der Waals surface area contributed by atoms with E-state index < -0.39 is 0 Å². The highest BCUT2D eigenvalue weighted by atomic mass is 15.2. The maximum absolute atomic E-state index is 2.57. The summed E-state index contributed by atoms with van der Waals surface area (Å²) >= 11 is 0. The van der Waals surface area contributed by atoms with Gasteiger partial charge in [0.1, 0.15) is 0 Å². The van der Waals surface area contributed by atoms with Gasteiger partial charge < -0.3 is 4.90 Å². The van der Waals surface area contributed by atoms with Crippen LogP contribution in [0.25, 0.3) is 0 Å². The largest absolute Gasteiger partial charge is 0.300 e. The van der Waals surface area contributed by atoms with Gasteiger partial charge in [-0.25, -0.2) is 0 Å². The van der Waals surface area contributed by atoms with Gasteiger partial charge in [-0.3, -0.25) is 0 Å². The molecule has 3 aliphatic rings. The fourth-order valence-electron chi connectivity index (χ4n) is 2.70. The lowest BCUT2D eigenvalue weighted by atomic mass is 9.64. The Morgan fingerprint density at radius 2 is 1.55 bits per heavy atom. The van der Waals surface area contributed by atoms with Crippen molar-refractivity contribution in [1.29, 1.82) is 0 Å². The Balaban J connectivity index is 2.22. The summed E-state index contributed by atoms with van der Waals surface area (Å²) in [5, 5.41) is 0. The molecule has 1 nitrogen and oxygen atoms in total. The topological polar surface area (TPSA) is 3.24 Å². The number of rotatable bonds is 0. The molecule has 1 heteroatoms. The Morgan fingerprint density at radius 1 is 1.00 bits per heavy atom. The molecule has 0 atom stereocenters. The third-order valence-electron chi connectivity index (χ3n) is 4.07. The van der Waals surface area contributed by atoms with Crippen molar-refractivity contribution < 1.29 is 0 Å². The molecule has 3 rings (SSSR count). The second kappa shape index (κ2) is 2.01. The first-order chi connectivity index (χ1) is 5.04. The van der Waals surface area contributed by atoms with Crippen molar-refractivity contribution in [1.82, 2.24) is 4.90 Å². The zero-order chi connectivity index (χ0) is 8.11. The SMILES string of the molecule is CN1C[C@]2(C)CC[C@@]1(C)CC2. The Kier molecular flexibility index (Phi) is 1.39. The van der Waals surface area contributed by atoms with Gasteiger partial charge in [0.2, 0.25) is 0 Å². The average molecular weight is 153 g/mol. The molecule has 11 heavy (non-hydrogen) atoms. The molecule has 0 aromatic heterocycles. The number of piperidine rings is 2. The summed E-state index contributed by atoms with van der Waals surface area (Å²) in [5.41, 5.74) is 1.21. The number of hydrogen-bond donors (Lipinski definition) is 0. The predicted octanol–water partition coefficient (Wildman–Crippen LogP) is 2.27. The summed E-state index contributed by atoms with van der Waals surface area (Å²) < 4.78 is 0. The number of hydrogen-bond acceptors (Lipinski definition) is 1. The van der Waals surface area contributed by atoms with Crippen LogP contribution in [0.15, 0.2) is 0 Å². The van der Waals surface area contributed by atoms with Crippen molar-refractivity contribution in [2.45, 2.75) is 45.1 Å². The Bertz CT molecular complexity index is 166. The summed E-state index contributed by atoms with van der Waals surface area (Å²) in [7, 11) is 2.29. The van der Waals surface area contributed by atoms with Crippen LogP contribution >= 0.6 is 0 Å². The third kappa shape index (κ3) is 1.01. The highest BCUT2D eigenvalue weighted by Gasteiger charge is 2.46. The molecular formula is C10H19N. The lowest BCUT2D eigenvalue weighted by Crippen LogP contribution is -2.58. The van der Waals surface area contributed by atoms with E-state index in [1.165, 1.54) is 32.2 Å². The van der Waals surface area contributed by atoms with Crippen LogP contribution in [0.5, 0.6) is 0 Å². The molecule has 0 spiro atoms. The molecule has 1 saturated carbocycles. The van der Waals surface area contributed by atoms with Crippen LogP contribution in [0.1, 0.15) is 39.5 Å². The average Bonchev–Trinajstić information content (AvgIpc) is 1.94. The molecule has 3 fully saturated rings. The van der Waals surface area contributed by atoms with Crippen molar-refractivity contribution in [3.63, 3.8) is 0 Å². The van der Waals surface area contributed by atoms with Gasteiger partial charge in [-0.2, -0.15) is 0 Å². The predicted molar refractivity (Wildman–Crippen MR) is 47.6 cm³/mol. The van der Waals surface area contributed by atoms with E-state index in [0.29, 0.717) is 11.0 Å². The number of nitrogens with zero attached hydrogens (tertiary/aromatic N) is 1. The van der Waals surface area contributed by atoms with Gasteiger partial charge in [0.25, 0.3) is 0 Å². The maximum atomic E-state index is 2.57. The van der Waals surface area contributed by atoms with E-state index in [0.717, 1.165) is 0 Å². The summed E-state index contributed by atoms with van der Waals surface area (Å²) in [4.78, 5) is 2.57. The van der Waals surface area contributed by atoms with Gasteiger partial charge in [0, 0.05) is 12.1 Å². The van der Waals surface area contributed by atoms with E-state index in [2.05, 4.69) is 25.8 Å². The van der Waals surface area contributed by atoms with Crippen LogP contribution in [0.4, 0.5) is 0 Å². The molecule has 2 saturated heterocycles. The van der Waals surface area contributed by atoms with Gasteiger partial charge in [-0.15, -0.1) is 0 Å². The molecule has 0 unspecified atom stereocenters. The smallest absolute Gasteiger partial charge is 0.0179 e. The quantitative estimate of drug-likeness (QED) is 0.516. The third-order valence-corrected chi connectivity index (χ3v) is 4.07. The highest BCUT2D eigenvalue weighted by molar-refractivity contribution is 5.01. The van der Waals surface area contributed by atoms with Crippen molar-refractivity contribution in [2.24, 2.45) is 5.41 Å². The first-order valence-electron chi connectivity index (χ1n) is 4.75. The van der Waals surface area contributed by atoms with Crippen LogP contribution < -0.4 is 0 Å². The molecule has 0 radical (unpaired) electrons. The fraction of sp³-hybridized carbons (Fsp3) is 1.00. The zero-order valence-electron chi connectivity index (χ0n) is 7.98. The summed E-state index contributed by atoms with van der Waals surface area (Å²) in [6, 6.07) is 0. The van der Waals surface area contributed by atoms with Crippen molar-refractivity contribution in [3.8, 4) is 0 Å². The second-order valence-corrected chi connectivity index (χ2v) is 5.16. The number of fused-ring (bicyclic) bond motifs is 3. The minimum absolute atomic E-state index is 0.553. The van der Waals surface area contributed by atoms with E-state index in [4.69, 9.17) is 0 Å². The minimum Gasteiger partial charge on any atom is -0.300 e. The van der Waals surface area contributed by atoms with Crippen molar-refractivity contribution in [2.75, 3.05) is 13.6 Å². The normalized spacial score (nSPS) is 51.5. The van der Waals surface area contributed by atoms with Gasteiger partial charge in [0.05, 0.1) is 0 Å². The molecule has 0 aromatic rings. The van der Waals surface area contributed by atoms with E-state index in [-0.39, 0.29) is 0 Å². The lowest BCUT2D eigenvalue weighted by molar-refractivity contribution is -0.0519. The van der Waals surface area contributed by atoms with Crippen molar-refractivity contribution >= 4 is 0 Å². The molecule has 0 aromatic carbocycles. The molecule has 64 valence electrons. The van der Waals surface area contributed by atoms with Crippen LogP contribution in [0.3, 0.4) is 0 Å². The maximum Gasteiger partial charge on any atom is 0.0179 e.